The van der Waals surface area contributed by atoms with Crippen LogP contribution in [0, 0.1) is 11.8 Å². The molecule has 8 nitrogen and oxygen atoms in total. The number of hydrogen-bond acceptors (Lipinski definition) is 6. The van der Waals surface area contributed by atoms with Gasteiger partial charge in [-0.25, -0.2) is 17.9 Å². The fraction of sp³-hybridized carbons (Fsp3) is 0.636. The van der Waals surface area contributed by atoms with E-state index in [1.807, 2.05) is 0 Å². The molecule has 2 N–H and O–H groups in total. The highest BCUT2D eigenvalue weighted by Crippen LogP contribution is 2.30. The summed E-state index contributed by atoms with van der Waals surface area (Å²) in [6, 6.07) is 4.03. The van der Waals surface area contributed by atoms with Gasteiger partial charge in [-0.15, -0.1) is 0 Å². The van der Waals surface area contributed by atoms with Gasteiger partial charge < -0.3 is 14.8 Å². The molecule has 2 aliphatic carbocycles. The second-order valence-electron chi connectivity index (χ2n) is 8.69. The Kier molecular flexibility index (Phi) is 7.26. The van der Waals surface area contributed by atoms with Crippen molar-refractivity contribution in [3.05, 3.63) is 23.8 Å². The zero-order valence-electron chi connectivity index (χ0n) is 18.5. The molecular weight excluding hydrogens is 420 g/mol. The molecule has 1 aromatic rings. The van der Waals surface area contributed by atoms with Gasteiger partial charge in [0.1, 0.15) is 10.6 Å². The first-order chi connectivity index (χ1) is 14.6. The summed E-state index contributed by atoms with van der Waals surface area (Å²) in [4.78, 5) is 25.1. The van der Waals surface area contributed by atoms with Crippen molar-refractivity contribution in [2.24, 2.45) is 11.8 Å². The molecule has 2 fully saturated rings. The van der Waals surface area contributed by atoms with E-state index in [0.29, 0.717) is 11.8 Å². The van der Waals surface area contributed by atoms with Crippen LogP contribution in [0.4, 0.5) is 0 Å². The van der Waals surface area contributed by atoms with Gasteiger partial charge in [0.05, 0.1) is 12.7 Å². The summed E-state index contributed by atoms with van der Waals surface area (Å²) in [7, 11) is -2.47. The normalized spacial score (nSPS) is 24.8. The molecule has 1 amide bonds. The van der Waals surface area contributed by atoms with Gasteiger partial charge in [0.15, 0.2) is 6.10 Å². The number of rotatable bonds is 8. The Balaban J connectivity index is 1.68. The Morgan fingerprint density at radius 2 is 1.84 bits per heavy atom. The molecule has 2 saturated carbocycles. The first-order valence-corrected chi connectivity index (χ1v) is 12.3. The topological polar surface area (TPSA) is 111 Å². The molecule has 0 saturated heterocycles. The standard InChI is InChI=1S/C22H32N2O6S/c1-13-6-5-7-18(14(13)2)23-21(25)15(3)30-22(26)16-8-11-19(29-4)20(12-16)31(27,28)24-17-9-10-17/h8,11-15,17-18,24H,5-7,9-10H2,1-4H3,(H,23,25)/t13-,14+,15+,18+/m0/s1. The number of sulfonamides is 1. The highest BCUT2D eigenvalue weighted by atomic mass is 32.2. The maximum Gasteiger partial charge on any atom is 0.338 e. The van der Waals surface area contributed by atoms with Gasteiger partial charge >= 0.3 is 5.97 Å². The molecule has 0 aromatic heterocycles. The molecule has 0 spiro atoms. The lowest BCUT2D eigenvalue weighted by molar-refractivity contribution is -0.130. The van der Waals surface area contributed by atoms with E-state index in [-0.39, 0.29) is 34.2 Å². The van der Waals surface area contributed by atoms with Crippen molar-refractivity contribution in [1.82, 2.24) is 10.0 Å². The van der Waals surface area contributed by atoms with Crippen LogP contribution in [0.3, 0.4) is 0 Å². The second kappa shape index (κ2) is 9.56. The zero-order chi connectivity index (χ0) is 22.8. The minimum absolute atomic E-state index is 0.0382. The predicted molar refractivity (Wildman–Crippen MR) is 115 cm³/mol. The van der Waals surface area contributed by atoms with Gasteiger partial charge in [0.25, 0.3) is 5.91 Å². The number of nitrogens with one attached hydrogen (secondary N) is 2. The molecular formula is C22H32N2O6S. The minimum atomic E-state index is -3.83. The molecule has 31 heavy (non-hydrogen) atoms. The Morgan fingerprint density at radius 1 is 1.13 bits per heavy atom. The van der Waals surface area contributed by atoms with Gasteiger partial charge in [0, 0.05) is 12.1 Å². The average Bonchev–Trinajstić information content (AvgIpc) is 3.54. The molecule has 0 aliphatic heterocycles. The van der Waals surface area contributed by atoms with Crippen LogP contribution in [0.1, 0.15) is 63.2 Å². The summed E-state index contributed by atoms with van der Waals surface area (Å²) in [6.45, 7) is 5.82. The molecule has 4 atom stereocenters. The fourth-order valence-electron chi connectivity index (χ4n) is 3.87. The van der Waals surface area contributed by atoms with Crippen LogP contribution in [-0.2, 0) is 19.6 Å². The van der Waals surface area contributed by atoms with Gasteiger partial charge in [-0.3, -0.25) is 4.79 Å². The van der Waals surface area contributed by atoms with Crippen LogP contribution < -0.4 is 14.8 Å². The summed E-state index contributed by atoms with van der Waals surface area (Å²) in [5.74, 6) is -0.0973. The average molecular weight is 453 g/mol. The van der Waals surface area contributed by atoms with E-state index in [1.165, 1.54) is 32.2 Å². The van der Waals surface area contributed by atoms with Crippen molar-refractivity contribution in [3.63, 3.8) is 0 Å². The van der Waals surface area contributed by atoms with Crippen LogP contribution in [-0.4, -0.2) is 45.6 Å². The van der Waals surface area contributed by atoms with Crippen LogP contribution in [0.2, 0.25) is 0 Å². The molecule has 9 heteroatoms. The van der Waals surface area contributed by atoms with Gasteiger partial charge in [-0.1, -0.05) is 26.7 Å². The highest BCUT2D eigenvalue weighted by molar-refractivity contribution is 7.89. The Hall–Kier alpha value is -2.13. The summed E-state index contributed by atoms with van der Waals surface area (Å²) >= 11 is 0. The van der Waals surface area contributed by atoms with Crippen molar-refractivity contribution >= 4 is 21.9 Å². The van der Waals surface area contributed by atoms with E-state index < -0.39 is 22.1 Å². The van der Waals surface area contributed by atoms with Crippen molar-refractivity contribution in [2.45, 2.75) is 76.0 Å². The van der Waals surface area contributed by atoms with E-state index >= 15 is 0 Å². The Bertz CT molecular complexity index is 928. The minimum Gasteiger partial charge on any atom is -0.495 e. The maximum atomic E-state index is 12.6. The summed E-state index contributed by atoms with van der Waals surface area (Å²) in [5.41, 5.74) is 0.0382. The van der Waals surface area contributed by atoms with E-state index in [9.17, 15) is 18.0 Å². The van der Waals surface area contributed by atoms with Gasteiger partial charge in [0.2, 0.25) is 10.0 Å². The SMILES string of the molecule is COc1ccc(C(=O)O[C@H](C)C(=O)N[C@@H]2CCC[C@H](C)[C@H]2C)cc1S(=O)(=O)NC1CC1. The van der Waals surface area contributed by atoms with Crippen molar-refractivity contribution < 1.29 is 27.5 Å². The largest absolute Gasteiger partial charge is 0.495 e. The van der Waals surface area contributed by atoms with E-state index in [2.05, 4.69) is 23.9 Å². The number of amides is 1. The quantitative estimate of drug-likeness (QED) is 0.587. The number of hydrogen-bond donors (Lipinski definition) is 2. The number of carbonyl (C=O) groups is 2. The fourth-order valence-corrected chi connectivity index (χ4v) is 5.37. The molecule has 0 radical (unpaired) electrons. The van der Waals surface area contributed by atoms with Crippen LogP contribution >= 0.6 is 0 Å². The van der Waals surface area contributed by atoms with E-state index in [1.54, 1.807) is 0 Å². The lowest BCUT2D eigenvalue weighted by Crippen LogP contribution is -2.47. The number of methoxy groups -OCH3 is 1. The molecule has 0 unspecified atom stereocenters. The number of carbonyl (C=O) groups excluding carboxylic acids is 2. The van der Waals surface area contributed by atoms with Crippen LogP contribution in [0.15, 0.2) is 23.1 Å². The number of benzene rings is 1. The Labute approximate surface area is 184 Å². The third-order valence-electron chi connectivity index (χ3n) is 6.28. The third kappa shape index (κ3) is 5.77. The summed E-state index contributed by atoms with van der Waals surface area (Å²) in [6.07, 6.45) is 3.69. The van der Waals surface area contributed by atoms with Gasteiger partial charge in [-0.05, 0) is 56.2 Å². The van der Waals surface area contributed by atoms with Crippen molar-refractivity contribution in [1.29, 1.82) is 0 Å². The number of ether oxygens (including phenoxy) is 2. The Morgan fingerprint density at radius 3 is 2.48 bits per heavy atom. The molecule has 3 rings (SSSR count). The molecule has 0 bridgehead atoms. The molecule has 2 aliphatic rings. The maximum absolute atomic E-state index is 12.6. The van der Waals surface area contributed by atoms with E-state index in [4.69, 9.17) is 9.47 Å². The van der Waals surface area contributed by atoms with Crippen molar-refractivity contribution in [2.75, 3.05) is 7.11 Å². The third-order valence-corrected chi connectivity index (χ3v) is 7.82. The molecule has 1 aromatic carbocycles. The first kappa shape index (κ1) is 23.5. The molecule has 172 valence electrons. The zero-order valence-corrected chi connectivity index (χ0v) is 19.3. The molecule has 0 heterocycles. The lowest BCUT2D eigenvalue weighted by Gasteiger charge is -2.35. The lowest BCUT2D eigenvalue weighted by atomic mass is 9.78. The summed E-state index contributed by atoms with van der Waals surface area (Å²) < 4.78 is 38.3. The summed E-state index contributed by atoms with van der Waals surface area (Å²) in [5, 5.41) is 3.00. The predicted octanol–water partition coefficient (Wildman–Crippen LogP) is 2.62. The highest BCUT2D eigenvalue weighted by Gasteiger charge is 2.32. The van der Waals surface area contributed by atoms with Crippen molar-refractivity contribution in [3.8, 4) is 5.75 Å². The van der Waals surface area contributed by atoms with Crippen LogP contribution in [0.5, 0.6) is 5.75 Å². The van der Waals surface area contributed by atoms with Gasteiger partial charge in [-0.2, -0.15) is 0 Å². The smallest absolute Gasteiger partial charge is 0.338 e. The monoisotopic (exact) mass is 452 g/mol. The number of esters is 1. The second-order valence-corrected chi connectivity index (χ2v) is 10.4. The first-order valence-electron chi connectivity index (χ1n) is 10.8. The van der Waals surface area contributed by atoms with Crippen LogP contribution in [0.25, 0.3) is 0 Å². The van der Waals surface area contributed by atoms with E-state index in [0.717, 1.165) is 32.1 Å².